The number of aryl methyl sites for hydroxylation is 1. The number of nitrogens with two attached hydrogens (primary N) is 1. The largest absolute Gasteiger partial charge is 0.481 e. The third-order valence-corrected chi connectivity index (χ3v) is 14.3. The third-order valence-electron chi connectivity index (χ3n) is 14.3. The second-order valence-corrected chi connectivity index (χ2v) is 16.4. The molecule has 5 aliphatic rings. The molecule has 9 nitrogen and oxygen atoms in total. The number of carboxylic acid groups (broad SMARTS) is 1. The molecule has 2 heterocycles. The van der Waals surface area contributed by atoms with Crippen molar-refractivity contribution in [1.82, 2.24) is 20.2 Å². The van der Waals surface area contributed by atoms with Gasteiger partial charge in [-0.25, -0.2) is 0 Å². The van der Waals surface area contributed by atoms with E-state index in [1.54, 1.807) is 4.80 Å². The van der Waals surface area contributed by atoms with Crippen LogP contribution in [0.25, 0.3) is 0 Å². The summed E-state index contributed by atoms with van der Waals surface area (Å²) in [5.41, 5.74) is 6.36. The molecule has 2 bridgehead atoms. The van der Waals surface area contributed by atoms with Crippen LogP contribution in [0.5, 0.6) is 0 Å². The molecule has 0 radical (unpaired) electrons. The van der Waals surface area contributed by atoms with Gasteiger partial charge in [-0.15, -0.1) is 10.2 Å². The number of ether oxygens (including phenoxy) is 2. The van der Waals surface area contributed by atoms with Gasteiger partial charge in [0.1, 0.15) is 6.04 Å². The van der Waals surface area contributed by atoms with Crippen molar-refractivity contribution >= 4 is 5.97 Å². The first-order chi connectivity index (χ1) is 20.2. The van der Waals surface area contributed by atoms with Crippen LogP contribution in [0.2, 0.25) is 0 Å². The van der Waals surface area contributed by atoms with Gasteiger partial charge in [0.25, 0.3) is 0 Å². The molecule has 3 saturated carbocycles. The molecule has 4 fully saturated rings. The summed E-state index contributed by atoms with van der Waals surface area (Å²) in [4.78, 5) is 15.1. The fraction of sp³-hybridized carbons (Fsp3) is 0.882. The van der Waals surface area contributed by atoms with Crippen LogP contribution < -0.4 is 5.73 Å². The predicted octanol–water partition coefficient (Wildman–Crippen LogP) is 5.46. The van der Waals surface area contributed by atoms with Crippen LogP contribution in [-0.2, 0) is 14.3 Å². The zero-order chi connectivity index (χ0) is 31.2. The second kappa shape index (κ2) is 10.3. The molecule has 1 aliphatic heterocycles. The highest BCUT2D eigenvalue weighted by Gasteiger charge is 2.72. The van der Waals surface area contributed by atoms with Crippen molar-refractivity contribution in [1.29, 1.82) is 0 Å². The molecule has 4 aliphatic carbocycles. The molecule has 1 saturated heterocycles. The summed E-state index contributed by atoms with van der Waals surface area (Å²) in [6, 6.07) is -0.0769. The minimum Gasteiger partial charge on any atom is -0.481 e. The number of tetrazole rings is 1. The standard InChI is InChI=1S/C34H55N5O4/c1-20(2)21(3)30(5)13-14-32(7)23-9-10-26-31(6)18-42-19-34(26,24(23)11-12-33(32,8)27(30)29(40)41)17-25(28(31)43-16-15-35)39-37-22(4)36-38-39/h11,20-21,23,25-28H,9-10,12-19,35H2,1-8H3,(H,40,41)/t21-,23+,25-,26+,27?,28+,30-,31+,32-,33+,34+/m1/s1. The summed E-state index contributed by atoms with van der Waals surface area (Å²) in [7, 11) is 0. The number of allylic oxidation sites excluding steroid dienone is 1. The van der Waals surface area contributed by atoms with E-state index in [9.17, 15) is 9.90 Å². The molecular formula is C34H55N5O4. The molecule has 1 aromatic rings. The van der Waals surface area contributed by atoms with Crippen molar-refractivity contribution < 1.29 is 19.4 Å². The van der Waals surface area contributed by atoms with Crippen molar-refractivity contribution in [3.63, 3.8) is 0 Å². The average Bonchev–Trinajstić information content (AvgIpc) is 3.38. The lowest BCUT2D eigenvalue weighted by molar-refractivity contribution is -0.251. The highest BCUT2D eigenvalue weighted by molar-refractivity contribution is 5.73. The van der Waals surface area contributed by atoms with E-state index in [0.717, 1.165) is 38.5 Å². The Balaban J connectivity index is 1.46. The van der Waals surface area contributed by atoms with Gasteiger partial charge in [-0.2, -0.15) is 4.80 Å². The molecule has 43 heavy (non-hydrogen) atoms. The fourth-order valence-corrected chi connectivity index (χ4v) is 11.7. The van der Waals surface area contributed by atoms with Crippen LogP contribution >= 0.6 is 0 Å². The van der Waals surface area contributed by atoms with Gasteiger partial charge in [-0.05, 0) is 90.6 Å². The maximum Gasteiger partial charge on any atom is 0.307 e. The van der Waals surface area contributed by atoms with Gasteiger partial charge in [0, 0.05) is 17.4 Å². The summed E-state index contributed by atoms with van der Waals surface area (Å²) in [6.45, 7) is 20.3. The van der Waals surface area contributed by atoms with Gasteiger partial charge in [-0.1, -0.05) is 60.1 Å². The van der Waals surface area contributed by atoms with Gasteiger partial charge in [0.15, 0.2) is 5.82 Å². The third kappa shape index (κ3) is 4.12. The Morgan fingerprint density at radius 1 is 1.16 bits per heavy atom. The zero-order valence-corrected chi connectivity index (χ0v) is 27.7. The molecule has 0 spiro atoms. The highest BCUT2D eigenvalue weighted by atomic mass is 16.5. The highest BCUT2D eigenvalue weighted by Crippen LogP contribution is 2.75. The Morgan fingerprint density at radius 2 is 1.91 bits per heavy atom. The first-order valence-corrected chi connectivity index (χ1v) is 16.8. The molecule has 0 amide bonds. The second-order valence-electron chi connectivity index (χ2n) is 16.4. The van der Waals surface area contributed by atoms with E-state index in [4.69, 9.17) is 20.3 Å². The zero-order valence-electron chi connectivity index (χ0n) is 27.7. The number of nitrogens with zero attached hydrogens (tertiary/aromatic N) is 4. The topological polar surface area (TPSA) is 125 Å². The maximum absolute atomic E-state index is 13.3. The van der Waals surface area contributed by atoms with Crippen molar-refractivity contribution in [3.05, 3.63) is 17.5 Å². The number of carbonyl (C=O) groups is 1. The number of rotatable bonds is 7. The number of fused-ring (bicyclic) bond motifs is 3. The quantitative estimate of drug-likeness (QED) is 0.397. The lowest BCUT2D eigenvalue weighted by Gasteiger charge is -2.71. The lowest BCUT2D eigenvalue weighted by atomic mass is 9.34. The Hall–Kier alpha value is -1.84. The van der Waals surface area contributed by atoms with E-state index in [1.807, 2.05) is 6.92 Å². The van der Waals surface area contributed by atoms with Crippen LogP contribution in [-0.4, -0.2) is 63.8 Å². The molecular weight excluding hydrogens is 542 g/mol. The Bertz CT molecular complexity index is 1280. The number of aliphatic carboxylic acids is 1. The first kappa shape index (κ1) is 31.2. The minimum absolute atomic E-state index is 0.0769. The van der Waals surface area contributed by atoms with Gasteiger partial charge in [-0.3, -0.25) is 4.79 Å². The SMILES string of the molecule is Cc1nnn([C@@H]2C[C@@]34COC[C@@](C)([C@@H]3CC[C@H]3C4=CC[C@@]4(C)C(C(=O)O)[C@@](C)([C@H](C)C(C)C)CC[C@]34C)[C@H]2OCCN)n1. The van der Waals surface area contributed by atoms with Gasteiger partial charge in [0.2, 0.25) is 0 Å². The van der Waals surface area contributed by atoms with E-state index < -0.39 is 11.9 Å². The van der Waals surface area contributed by atoms with E-state index in [0.29, 0.717) is 55.9 Å². The maximum atomic E-state index is 13.3. The van der Waals surface area contributed by atoms with Gasteiger partial charge >= 0.3 is 5.97 Å². The Kier molecular flexibility index (Phi) is 7.49. The molecule has 6 rings (SSSR count). The summed E-state index contributed by atoms with van der Waals surface area (Å²) < 4.78 is 13.2. The minimum atomic E-state index is -0.619. The normalized spacial score (nSPS) is 46.4. The van der Waals surface area contributed by atoms with E-state index >= 15 is 0 Å². The molecule has 3 N–H and O–H groups in total. The first-order valence-electron chi connectivity index (χ1n) is 16.8. The van der Waals surface area contributed by atoms with E-state index in [2.05, 4.69) is 64.9 Å². The van der Waals surface area contributed by atoms with Crippen molar-refractivity contribution in [2.24, 2.45) is 62.4 Å². The van der Waals surface area contributed by atoms with Crippen molar-refractivity contribution in [2.75, 3.05) is 26.4 Å². The molecule has 11 atom stereocenters. The van der Waals surface area contributed by atoms with Gasteiger partial charge in [0.05, 0.1) is 31.8 Å². The number of aromatic nitrogens is 4. The molecule has 9 heteroatoms. The predicted molar refractivity (Wildman–Crippen MR) is 164 cm³/mol. The molecule has 240 valence electrons. The van der Waals surface area contributed by atoms with Crippen LogP contribution in [0.3, 0.4) is 0 Å². The molecule has 1 unspecified atom stereocenters. The smallest absolute Gasteiger partial charge is 0.307 e. The van der Waals surface area contributed by atoms with Crippen LogP contribution in [0.4, 0.5) is 0 Å². The Morgan fingerprint density at radius 3 is 2.53 bits per heavy atom. The Labute approximate surface area is 257 Å². The average molecular weight is 598 g/mol. The number of carboxylic acids is 1. The van der Waals surface area contributed by atoms with Crippen molar-refractivity contribution in [3.8, 4) is 0 Å². The lowest BCUT2D eigenvalue weighted by Crippen LogP contribution is -2.69. The summed E-state index contributed by atoms with van der Waals surface area (Å²) in [5.74, 6) is 1.12. The van der Waals surface area contributed by atoms with E-state index in [-0.39, 0.29) is 39.2 Å². The molecule has 1 aromatic heterocycles. The monoisotopic (exact) mass is 597 g/mol. The summed E-state index contributed by atoms with van der Waals surface area (Å²) in [5, 5.41) is 24.4. The fourth-order valence-electron chi connectivity index (χ4n) is 11.7. The van der Waals surface area contributed by atoms with Crippen molar-refractivity contribution in [2.45, 2.75) is 106 Å². The van der Waals surface area contributed by atoms with Gasteiger partial charge < -0.3 is 20.3 Å². The van der Waals surface area contributed by atoms with Crippen LogP contribution in [0.1, 0.15) is 98.9 Å². The van der Waals surface area contributed by atoms with E-state index in [1.165, 1.54) is 5.57 Å². The summed E-state index contributed by atoms with van der Waals surface area (Å²) >= 11 is 0. The number of hydrogen-bond acceptors (Lipinski definition) is 7. The summed E-state index contributed by atoms with van der Waals surface area (Å²) in [6.07, 6.45) is 8.15. The van der Waals surface area contributed by atoms with Crippen LogP contribution in [0, 0.1) is 63.6 Å². The molecule has 0 aromatic carbocycles. The number of hydrogen-bond donors (Lipinski definition) is 2. The van der Waals surface area contributed by atoms with Crippen LogP contribution in [0.15, 0.2) is 11.6 Å².